The molecule has 0 bridgehead atoms. The van der Waals surface area contributed by atoms with Crippen LogP contribution in [0.25, 0.3) is 0 Å². The monoisotopic (exact) mass is 285 g/mol. The number of benzene rings is 1. The van der Waals surface area contributed by atoms with E-state index < -0.39 is 0 Å². The molecule has 1 amide bonds. The molecular formula is C15H15N3OS. The van der Waals surface area contributed by atoms with Crippen LogP contribution in [0.15, 0.2) is 48.7 Å². The molecule has 1 aromatic carbocycles. The van der Waals surface area contributed by atoms with E-state index in [2.05, 4.69) is 4.98 Å². The highest BCUT2D eigenvalue weighted by Crippen LogP contribution is 2.09. The van der Waals surface area contributed by atoms with Crippen LogP contribution in [0.5, 0.6) is 0 Å². The van der Waals surface area contributed by atoms with Gasteiger partial charge in [-0.3, -0.25) is 9.78 Å². The lowest BCUT2D eigenvalue weighted by Gasteiger charge is -2.17. The summed E-state index contributed by atoms with van der Waals surface area (Å²) in [6.07, 6.45) is 1.61. The third kappa shape index (κ3) is 3.39. The Bertz CT molecular complexity index is 628. The minimum atomic E-state index is -0.119. The van der Waals surface area contributed by atoms with Crippen LogP contribution >= 0.6 is 12.2 Å². The van der Waals surface area contributed by atoms with Gasteiger partial charge in [-0.25, -0.2) is 0 Å². The van der Waals surface area contributed by atoms with Crippen LogP contribution in [0.2, 0.25) is 0 Å². The molecule has 0 spiro atoms. The van der Waals surface area contributed by atoms with Crippen molar-refractivity contribution in [3.63, 3.8) is 0 Å². The van der Waals surface area contributed by atoms with Gasteiger partial charge in [0.1, 0.15) is 10.7 Å². The Labute approximate surface area is 123 Å². The Balaban J connectivity index is 2.12. The molecule has 102 valence electrons. The van der Waals surface area contributed by atoms with E-state index in [0.29, 0.717) is 17.2 Å². The maximum Gasteiger partial charge on any atom is 0.272 e. The summed E-state index contributed by atoms with van der Waals surface area (Å²) in [4.78, 5) is 18.2. The summed E-state index contributed by atoms with van der Waals surface area (Å²) < 4.78 is 0. The predicted molar refractivity (Wildman–Crippen MR) is 82.4 cm³/mol. The second-order valence-electron chi connectivity index (χ2n) is 4.44. The first-order chi connectivity index (χ1) is 9.58. The van der Waals surface area contributed by atoms with Gasteiger partial charge in [-0.05, 0) is 23.8 Å². The highest BCUT2D eigenvalue weighted by Gasteiger charge is 2.13. The zero-order valence-corrected chi connectivity index (χ0v) is 11.9. The minimum Gasteiger partial charge on any atom is -0.389 e. The molecule has 0 saturated carbocycles. The molecule has 0 aliphatic carbocycles. The SMILES string of the molecule is CN(Cc1cccc(C(N)=S)c1)C(=O)c1ccccn1. The summed E-state index contributed by atoms with van der Waals surface area (Å²) >= 11 is 4.95. The van der Waals surface area contributed by atoms with Gasteiger partial charge in [-0.15, -0.1) is 0 Å². The number of nitrogens with zero attached hydrogens (tertiary/aromatic N) is 2. The minimum absolute atomic E-state index is 0.119. The Morgan fingerprint density at radius 3 is 2.75 bits per heavy atom. The molecule has 0 atom stereocenters. The maximum atomic E-state index is 12.2. The number of pyridine rings is 1. The van der Waals surface area contributed by atoms with Crippen molar-refractivity contribution in [2.75, 3.05) is 7.05 Å². The zero-order chi connectivity index (χ0) is 14.5. The highest BCUT2D eigenvalue weighted by molar-refractivity contribution is 7.80. The summed E-state index contributed by atoms with van der Waals surface area (Å²) in [6.45, 7) is 0.478. The third-order valence-corrected chi connectivity index (χ3v) is 3.10. The van der Waals surface area contributed by atoms with Crippen molar-refractivity contribution in [3.8, 4) is 0 Å². The average Bonchev–Trinajstić information content (AvgIpc) is 2.47. The van der Waals surface area contributed by atoms with Crippen molar-refractivity contribution in [3.05, 3.63) is 65.5 Å². The first kappa shape index (κ1) is 14.1. The molecule has 0 radical (unpaired) electrons. The quantitative estimate of drug-likeness (QED) is 0.873. The first-order valence-electron chi connectivity index (χ1n) is 6.13. The van der Waals surface area contributed by atoms with Gasteiger partial charge in [0.2, 0.25) is 0 Å². The van der Waals surface area contributed by atoms with E-state index in [1.165, 1.54) is 0 Å². The van der Waals surface area contributed by atoms with E-state index in [9.17, 15) is 4.79 Å². The number of rotatable bonds is 4. The molecule has 0 saturated heterocycles. The summed E-state index contributed by atoms with van der Waals surface area (Å²) in [6, 6.07) is 12.8. The lowest BCUT2D eigenvalue weighted by molar-refractivity contribution is 0.0779. The summed E-state index contributed by atoms with van der Waals surface area (Å²) in [5.74, 6) is -0.119. The topological polar surface area (TPSA) is 59.2 Å². The van der Waals surface area contributed by atoms with Gasteiger partial charge in [-0.1, -0.05) is 36.5 Å². The molecule has 5 heteroatoms. The molecule has 20 heavy (non-hydrogen) atoms. The van der Waals surface area contributed by atoms with Crippen LogP contribution in [0.4, 0.5) is 0 Å². The van der Waals surface area contributed by atoms with Crippen molar-refractivity contribution >= 4 is 23.1 Å². The molecule has 1 aromatic heterocycles. The molecular weight excluding hydrogens is 270 g/mol. The number of hydrogen-bond donors (Lipinski definition) is 1. The molecule has 0 fully saturated rings. The van der Waals surface area contributed by atoms with E-state index in [1.807, 2.05) is 24.3 Å². The first-order valence-corrected chi connectivity index (χ1v) is 6.54. The van der Waals surface area contributed by atoms with E-state index in [-0.39, 0.29) is 5.91 Å². The fourth-order valence-corrected chi connectivity index (χ4v) is 1.98. The van der Waals surface area contributed by atoms with Gasteiger partial charge in [0.15, 0.2) is 0 Å². The molecule has 0 aliphatic rings. The third-order valence-electron chi connectivity index (χ3n) is 2.86. The number of hydrogen-bond acceptors (Lipinski definition) is 3. The average molecular weight is 285 g/mol. The molecule has 2 N–H and O–H groups in total. The number of aromatic nitrogens is 1. The van der Waals surface area contributed by atoms with Crippen LogP contribution in [-0.2, 0) is 6.54 Å². The number of nitrogens with two attached hydrogens (primary N) is 1. The van der Waals surface area contributed by atoms with E-state index in [4.69, 9.17) is 18.0 Å². The largest absolute Gasteiger partial charge is 0.389 e. The number of thiocarbonyl (C=S) groups is 1. The summed E-state index contributed by atoms with van der Waals surface area (Å²) in [7, 11) is 1.74. The maximum absolute atomic E-state index is 12.2. The molecule has 2 rings (SSSR count). The predicted octanol–water partition coefficient (Wildman–Crippen LogP) is 1.99. The normalized spacial score (nSPS) is 10.1. The Kier molecular flexibility index (Phi) is 4.42. The molecule has 1 heterocycles. The van der Waals surface area contributed by atoms with E-state index in [1.54, 1.807) is 36.3 Å². The van der Waals surface area contributed by atoms with Crippen LogP contribution in [0.3, 0.4) is 0 Å². The van der Waals surface area contributed by atoms with Gasteiger partial charge in [0.05, 0.1) is 0 Å². The van der Waals surface area contributed by atoms with Crippen LogP contribution < -0.4 is 5.73 Å². The second-order valence-corrected chi connectivity index (χ2v) is 4.88. The van der Waals surface area contributed by atoms with E-state index >= 15 is 0 Å². The Hall–Kier alpha value is -2.27. The zero-order valence-electron chi connectivity index (χ0n) is 11.1. The van der Waals surface area contributed by atoms with Crippen molar-refractivity contribution in [1.82, 2.24) is 9.88 Å². The lowest BCUT2D eigenvalue weighted by Crippen LogP contribution is -2.27. The van der Waals surface area contributed by atoms with Crippen LogP contribution in [0, 0.1) is 0 Å². The fraction of sp³-hybridized carbons (Fsp3) is 0.133. The Morgan fingerprint density at radius 2 is 2.10 bits per heavy atom. The molecule has 4 nitrogen and oxygen atoms in total. The molecule has 0 aliphatic heterocycles. The van der Waals surface area contributed by atoms with Gasteiger partial charge in [0, 0.05) is 25.4 Å². The van der Waals surface area contributed by atoms with Crippen molar-refractivity contribution in [1.29, 1.82) is 0 Å². The van der Waals surface area contributed by atoms with Gasteiger partial charge in [-0.2, -0.15) is 0 Å². The smallest absolute Gasteiger partial charge is 0.272 e. The van der Waals surface area contributed by atoms with Crippen molar-refractivity contribution in [2.45, 2.75) is 6.54 Å². The van der Waals surface area contributed by atoms with Gasteiger partial charge in [0.25, 0.3) is 5.91 Å². The van der Waals surface area contributed by atoms with Crippen LogP contribution in [-0.4, -0.2) is 27.8 Å². The van der Waals surface area contributed by atoms with Crippen molar-refractivity contribution in [2.24, 2.45) is 5.73 Å². The fourth-order valence-electron chi connectivity index (χ4n) is 1.85. The second kappa shape index (κ2) is 6.25. The number of amides is 1. The highest BCUT2D eigenvalue weighted by atomic mass is 32.1. The van der Waals surface area contributed by atoms with Gasteiger partial charge < -0.3 is 10.6 Å². The van der Waals surface area contributed by atoms with Crippen LogP contribution in [0.1, 0.15) is 21.6 Å². The van der Waals surface area contributed by atoms with Gasteiger partial charge >= 0.3 is 0 Å². The number of carbonyl (C=O) groups is 1. The number of carbonyl (C=O) groups excluding carboxylic acids is 1. The Morgan fingerprint density at radius 1 is 1.30 bits per heavy atom. The standard InChI is InChI=1S/C15H15N3OS/c1-18(15(19)13-7-2-3-8-17-13)10-11-5-4-6-12(9-11)14(16)20/h2-9H,10H2,1H3,(H2,16,20). The summed E-state index contributed by atoms with van der Waals surface area (Å²) in [5.41, 5.74) is 7.81. The lowest BCUT2D eigenvalue weighted by atomic mass is 10.1. The van der Waals surface area contributed by atoms with Crippen molar-refractivity contribution < 1.29 is 4.79 Å². The van der Waals surface area contributed by atoms with E-state index in [0.717, 1.165) is 11.1 Å². The summed E-state index contributed by atoms with van der Waals surface area (Å²) in [5, 5.41) is 0. The molecule has 2 aromatic rings. The molecule has 0 unspecified atom stereocenters.